The van der Waals surface area contributed by atoms with Crippen molar-refractivity contribution < 1.29 is 89.4 Å². The molecule has 0 unspecified atom stereocenters. The van der Waals surface area contributed by atoms with Crippen molar-refractivity contribution in [3.05, 3.63) is 0 Å². The molecule has 0 aromatic heterocycles. The molecule has 20 heteroatoms. The second kappa shape index (κ2) is 14.6. The number of aliphatic hydroxyl groups is 10. The molecule has 1 amide bonds. The van der Waals surface area contributed by atoms with E-state index < -0.39 is 136 Å². The Hall–Kier alpha value is -1.70. The van der Waals surface area contributed by atoms with E-state index in [1.54, 1.807) is 0 Å². The van der Waals surface area contributed by atoms with Crippen LogP contribution in [-0.2, 0) is 33.3 Å². The Kier molecular flexibility index (Phi) is 12.1. The van der Waals surface area contributed by atoms with E-state index in [1.165, 1.54) is 0 Å². The van der Waals surface area contributed by atoms with Crippen molar-refractivity contribution in [1.29, 1.82) is 0 Å². The number of nitrogens with one attached hydrogen (secondary N) is 1. The van der Waals surface area contributed by atoms with Gasteiger partial charge in [-0.15, -0.1) is 0 Å². The van der Waals surface area contributed by atoms with Gasteiger partial charge >= 0.3 is 5.97 Å². The third-order valence-corrected chi connectivity index (χ3v) is 7.55. The highest BCUT2D eigenvalue weighted by atomic mass is 16.8. The Balaban J connectivity index is 1.82. The Morgan fingerprint density at radius 3 is 2.21 bits per heavy atom. The van der Waals surface area contributed by atoms with Crippen LogP contribution in [0.25, 0.3) is 0 Å². The Morgan fingerprint density at radius 2 is 1.65 bits per heavy atom. The molecule has 14 N–H and O–H groups in total. The number of carboxylic acids is 1. The van der Waals surface area contributed by atoms with Crippen molar-refractivity contribution in [2.45, 2.75) is 111 Å². The summed E-state index contributed by atoms with van der Waals surface area (Å²) in [5.74, 6) is -5.38. The summed E-state index contributed by atoms with van der Waals surface area (Å²) in [6.07, 6.45) is -24.1. The van der Waals surface area contributed by atoms with Gasteiger partial charge < -0.3 is 90.9 Å². The fourth-order valence-corrected chi connectivity index (χ4v) is 5.09. The Labute approximate surface area is 243 Å². The van der Waals surface area contributed by atoms with Gasteiger partial charge in [0.05, 0.1) is 38.0 Å². The molecule has 0 spiro atoms. The van der Waals surface area contributed by atoms with E-state index in [0.29, 0.717) is 0 Å². The first-order valence-corrected chi connectivity index (χ1v) is 13.3. The number of ether oxygens (including phenoxy) is 5. The van der Waals surface area contributed by atoms with Crippen LogP contribution < -0.4 is 11.1 Å². The van der Waals surface area contributed by atoms with Crippen LogP contribution in [0, 0.1) is 0 Å². The lowest BCUT2D eigenvalue weighted by Crippen LogP contribution is -2.68. The Morgan fingerprint density at radius 1 is 1.00 bits per heavy atom. The number of aliphatic hydroxyl groups excluding tert-OH is 10. The molecule has 3 aliphatic rings. The summed E-state index contributed by atoms with van der Waals surface area (Å²) < 4.78 is 27.0. The molecule has 250 valence electrons. The number of nitrogens with two attached hydrogens (primary N) is 1. The largest absolute Gasteiger partial charge is 0.477 e. The Bertz CT molecular complexity index is 946. The van der Waals surface area contributed by atoms with Gasteiger partial charge in [0.1, 0.15) is 61.0 Å². The number of hydrogen-bond donors (Lipinski definition) is 13. The molecule has 0 saturated carbocycles. The summed E-state index contributed by atoms with van der Waals surface area (Å²) in [6.45, 7) is -1.67. The molecular weight excluding hydrogens is 592 g/mol. The molecule has 43 heavy (non-hydrogen) atoms. The average Bonchev–Trinajstić information content (AvgIpc) is 2.96. The summed E-state index contributed by atoms with van der Waals surface area (Å²) in [6, 6.07) is -2.88. The van der Waals surface area contributed by atoms with Gasteiger partial charge in [0.2, 0.25) is 5.91 Å². The van der Waals surface area contributed by atoms with E-state index in [9.17, 15) is 65.8 Å². The van der Waals surface area contributed by atoms with E-state index in [4.69, 9.17) is 29.4 Å². The van der Waals surface area contributed by atoms with E-state index in [2.05, 4.69) is 5.32 Å². The second-order valence-electron chi connectivity index (χ2n) is 10.6. The number of hydrogen-bond acceptors (Lipinski definition) is 18. The highest BCUT2D eigenvalue weighted by Gasteiger charge is 2.57. The minimum Gasteiger partial charge on any atom is -0.477 e. The number of rotatable bonds is 11. The molecule has 0 radical (unpaired) electrons. The summed E-state index contributed by atoms with van der Waals surface area (Å²) in [7, 11) is 0. The van der Waals surface area contributed by atoms with Crippen LogP contribution in [-0.4, -0.2) is 185 Å². The molecule has 3 heterocycles. The lowest BCUT2D eigenvalue weighted by atomic mass is 9.88. The van der Waals surface area contributed by atoms with E-state index in [0.717, 1.165) is 6.92 Å². The maximum Gasteiger partial charge on any atom is 0.364 e. The molecule has 3 aliphatic heterocycles. The van der Waals surface area contributed by atoms with Gasteiger partial charge in [0.25, 0.3) is 5.79 Å². The van der Waals surface area contributed by atoms with Crippen LogP contribution >= 0.6 is 0 Å². The second-order valence-corrected chi connectivity index (χ2v) is 10.6. The van der Waals surface area contributed by atoms with Crippen molar-refractivity contribution in [1.82, 2.24) is 5.32 Å². The predicted molar refractivity (Wildman–Crippen MR) is 132 cm³/mol. The quantitative estimate of drug-likeness (QED) is 0.100. The first-order chi connectivity index (χ1) is 20.1. The molecule has 3 saturated heterocycles. The van der Waals surface area contributed by atoms with Crippen LogP contribution in [0.3, 0.4) is 0 Å². The van der Waals surface area contributed by atoms with E-state index in [-0.39, 0.29) is 0 Å². The maximum absolute atomic E-state index is 12.4. The monoisotopic (exact) mass is 632 g/mol. The lowest BCUT2D eigenvalue weighted by Gasteiger charge is -2.48. The molecule has 0 aromatic carbocycles. The average molecular weight is 633 g/mol. The normalized spacial score (nSPS) is 45.3. The number of amides is 1. The maximum atomic E-state index is 12.4. The molecule has 0 aromatic rings. The topological polar surface area (TPSA) is 341 Å². The summed E-state index contributed by atoms with van der Waals surface area (Å²) in [5.41, 5.74) is 5.67. The first kappa shape index (κ1) is 35.8. The molecule has 0 bridgehead atoms. The summed E-state index contributed by atoms with van der Waals surface area (Å²) in [5, 5.41) is 114. The van der Waals surface area contributed by atoms with Gasteiger partial charge in [0, 0.05) is 13.3 Å². The van der Waals surface area contributed by atoms with Gasteiger partial charge in [-0.25, -0.2) is 4.79 Å². The van der Waals surface area contributed by atoms with Crippen LogP contribution in [0.2, 0.25) is 0 Å². The lowest BCUT2D eigenvalue weighted by molar-refractivity contribution is -0.357. The molecule has 0 aliphatic carbocycles. The molecule has 3 rings (SSSR count). The zero-order chi connectivity index (χ0) is 32.4. The van der Waals surface area contributed by atoms with Crippen LogP contribution in [0.1, 0.15) is 13.3 Å². The fourth-order valence-electron chi connectivity index (χ4n) is 5.09. The van der Waals surface area contributed by atoms with Crippen LogP contribution in [0.5, 0.6) is 0 Å². The molecular formula is C23H40N2O18. The number of carbonyl (C=O) groups excluding carboxylic acids is 1. The van der Waals surface area contributed by atoms with Crippen molar-refractivity contribution in [2.75, 3.05) is 19.8 Å². The van der Waals surface area contributed by atoms with Crippen LogP contribution in [0.15, 0.2) is 0 Å². The molecule has 20 nitrogen and oxygen atoms in total. The molecule has 16 atom stereocenters. The number of carbonyl (C=O) groups is 2. The molecule has 3 fully saturated rings. The predicted octanol–water partition coefficient (Wildman–Crippen LogP) is -8.26. The first-order valence-electron chi connectivity index (χ1n) is 13.3. The van der Waals surface area contributed by atoms with Gasteiger partial charge in [-0.2, -0.15) is 0 Å². The van der Waals surface area contributed by atoms with Gasteiger partial charge in [0.15, 0.2) is 12.6 Å². The van der Waals surface area contributed by atoms with Crippen molar-refractivity contribution in [3.63, 3.8) is 0 Å². The standard InChI is InChI=1S/C23H40N2O18/c1-6(28)25-12-7(29)2-23(22(37)38,43-19(12)13(31)8(30)3-26)39-5-10-14(32)16(34)17(35)21(41-10)42-18-9(4-27)40-20(36)11(24)15(18)33/h7-21,26-27,29-36H,2-5,24H2,1H3,(H,25,28)(H,37,38)/t7-,8-,9+,10+,11+,12+,13-,14-,15+,16-,17+,18+,19+,20-,21-,23-/m0/s1. The van der Waals surface area contributed by atoms with Crippen molar-refractivity contribution in [2.24, 2.45) is 5.73 Å². The van der Waals surface area contributed by atoms with Crippen molar-refractivity contribution >= 4 is 11.9 Å². The van der Waals surface area contributed by atoms with E-state index >= 15 is 0 Å². The minimum atomic E-state index is -2.81. The van der Waals surface area contributed by atoms with Gasteiger partial charge in [-0.05, 0) is 0 Å². The van der Waals surface area contributed by atoms with Gasteiger partial charge in [-0.1, -0.05) is 0 Å². The van der Waals surface area contributed by atoms with Gasteiger partial charge in [-0.3, -0.25) is 4.79 Å². The third kappa shape index (κ3) is 7.58. The van der Waals surface area contributed by atoms with Crippen molar-refractivity contribution in [3.8, 4) is 0 Å². The highest BCUT2D eigenvalue weighted by molar-refractivity contribution is 5.76. The highest BCUT2D eigenvalue weighted by Crippen LogP contribution is 2.35. The SMILES string of the molecule is CC(=O)N[C@H]1[C@H]([C@@H](O)[C@@H](O)CO)O[C@](OC[C@H]2O[C@@H](O[C@H]3[C@H](O)[C@@H](N)[C@@H](O)O[C@@H]3CO)[C@H](O)[C@@H](O)[C@H]2O)(C(=O)O)C[C@@H]1O. The number of aliphatic carboxylic acids is 1. The zero-order valence-electron chi connectivity index (χ0n) is 22.8. The smallest absolute Gasteiger partial charge is 0.364 e. The minimum absolute atomic E-state index is 0.711. The fraction of sp³-hybridized carbons (Fsp3) is 0.913. The third-order valence-electron chi connectivity index (χ3n) is 7.55. The number of carboxylic acid groups (broad SMARTS) is 1. The van der Waals surface area contributed by atoms with Crippen LogP contribution in [0.4, 0.5) is 0 Å². The van der Waals surface area contributed by atoms with E-state index in [1.807, 2.05) is 0 Å². The summed E-state index contributed by atoms with van der Waals surface area (Å²) >= 11 is 0. The summed E-state index contributed by atoms with van der Waals surface area (Å²) in [4.78, 5) is 24.0. The zero-order valence-corrected chi connectivity index (χ0v) is 22.8.